The molecule has 1 N–H and O–H groups in total. The van der Waals surface area contributed by atoms with Crippen LogP contribution in [0.5, 0.6) is 5.75 Å². The molecule has 4 aromatic carbocycles. The maximum Gasteiger partial charge on any atom is 0.264 e. The monoisotopic (exact) mass is 627 g/mol. The Morgan fingerprint density at radius 1 is 0.778 bits per heavy atom. The summed E-state index contributed by atoms with van der Waals surface area (Å²) in [4.78, 5) is 29.9. The van der Waals surface area contributed by atoms with Crippen LogP contribution < -0.4 is 14.4 Å². The second kappa shape index (κ2) is 14.9. The van der Waals surface area contributed by atoms with Gasteiger partial charge in [-0.15, -0.1) is 0 Å². The van der Waals surface area contributed by atoms with Gasteiger partial charge in [0.2, 0.25) is 11.8 Å². The Balaban J connectivity index is 1.83. The summed E-state index contributed by atoms with van der Waals surface area (Å²) in [5.74, 6) is -0.555. The molecule has 8 nitrogen and oxygen atoms in total. The molecule has 0 saturated heterocycles. The van der Waals surface area contributed by atoms with Crippen molar-refractivity contribution in [2.24, 2.45) is 0 Å². The SMILES string of the molecule is COc1ccccc1N(CC(=O)N(Cc1ccc(C)cc1)[C@@H](Cc1ccccc1)C(=O)NC(C)C)S(=O)(=O)c1ccc(C)cc1. The van der Waals surface area contributed by atoms with Crippen molar-refractivity contribution in [1.82, 2.24) is 10.2 Å². The fraction of sp³-hybridized carbons (Fsp3) is 0.278. The minimum absolute atomic E-state index is 0.0373. The highest BCUT2D eigenvalue weighted by Gasteiger charge is 2.35. The van der Waals surface area contributed by atoms with Crippen molar-refractivity contribution in [2.75, 3.05) is 18.0 Å². The van der Waals surface area contributed by atoms with Gasteiger partial charge in [0, 0.05) is 19.0 Å². The van der Waals surface area contributed by atoms with Gasteiger partial charge >= 0.3 is 0 Å². The fourth-order valence-electron chi connectivity index (χ4n) is 5.01. The molecule has 0 heterocycles. The molecule has 0 spiro atoms. The fourth-order valence-corrected chi connectivity index (χ4v) is 6.44. The standard InChI is InChI=1S/C36H41N3O5S/c1-26(2)37-36(41)33(23-29-11-7-6-8-12-29)38(24-30-19-15-27(3)16-20-30)35(40)25-39(32-13-9-10-14-34(32)44-5)45(42,43)31-21-17-28(4)18-22-31/h6-22,26,33H,23-25H2,1-5H3,(H,37,41)/t33-/m0/s1. The number of hydrogen-bond acceptors (Lipinski definition) is 5. The molecular formula is C36H41N3O5S. The van der Waals surface area contributed by atoms with Crippen LogP contribution in [-0.4, -0.2) is 50.9 Å². The van der Waals surface area contributed by atoms with Crippen LogP contribution in [0.4, 0.5) is 5.69 Å². The zero-order valence-corrected chi connectivity index (χ0v) is 27.3. The first kappa shape index (κ1) is 33.3. The second-order valence-electron chi connectivity index (χ2n) is 11.4. The van der Waals surface area contributed by atoms with Crippen LogP contribution in [0, 0.1) is 13.8 Å². The van der Waals surface area contributed by atoms with E-state index >= 15 is 0 Å². The largest absolute Gasteiger partial charge is 0.495 e. The molecule has 0 fully saturated rings. The number of nitrogens with one attached hydrogen (secondary N) is 1. The Morgan fingerprint density at radius 3 is 1.96 bits per heavy atom. The van der Waals surface area contributed by atoms with E-state index < -0.39 is 28.5 Å². The number of methoxy groups -OCH3 is 1. The topological polar surface area (TPSA) is 96.0 Å². The molecule has 1 atom stereocenters. The van der Waals surface area contributed by atoms with E-state index in [2.05, 4.69) is 5.32 Å². The highest BCUT2D eigenvalue weighted by molar-refractivity contribution is 7.92. The predicted molar refractivity (Wildman–Crippen MR) is 178 cm³/mol. The van der Waals surface area contributed by atoms with Crippen LogP contribution >= 0.6 is 0 Å². The third-order valence-corrected chi connectivity index (χ3v) is 9.19. The molecule has 0 unspecified atom stereocenters. The summed E-state index contributed by atoms with van der Waals surface area (Å²) >= 11 is 0. The first-order valence-electron chi connectivity index (χ1n) is 14.9. The molecule has 0 aliphatic carbocycles. The summed E-state index contributed by atoms with van der Waals surface area (Å²) in [6, 6.07) is 29.3. The maximum atomic E-state index is 14.6. The Morgan fingerprint density at radius 2 is 1.36 bits per heavy atom. The number of amides is 2. The number of carbonyl (C=O) groups excluding carboxylic acids is 2. The minimum Gasteiger partial charge on any atom is -0.495 e. The van der Waals surface area contributed by atoms with Crippen LogP contribution in [0.1, 0.15) is 36.1 Å². The van der Waals surface area contributed by atoms with Crippen molar-refractivity contribution in [3.05, 3.63) is 125 Å². The Kier molecular flexibility index (Phi) is 11.0. The summed E-state index contributed by atoms with van der Waals surface area (Å²) in [7, 11) is -2.78. The Hall–Kier alpha value is -4.63. The average molecular weight is 628 g/mol. The molecule has 0 bridgehead atoms. The van der Waals surface area contributed by atoms with Crippen LogP contribution in [0.2, 0.25) is 0 Å². The van der Waals surface area contributed by atoms with Crippen molar-refractivity contribution < 1.29 is 22.7 Å². The normalized spacial score (nSPS) is 12.0. The number of carbonyl (C=O) groups is 2. The number of anilines is 1. The predicted octanol–water partition coefficient (Wildman–Crippen LogP) is 5.67. The number of benzene rings is 4. The lowest BCUT2D eigenvalue weighted by atomic mass is 10.0. The number of sulfonamides is 1. The van der Waals surface area contributed by atoms with E-state index in [0.29, 0.717) is 5.75 Å². The van der Waals surface area contributed by atoms with Gasteiger partial charge in [-0.1, -0.05) is 90.0 Å². The van der Waals surface area contributed by atoms with E-state index in [0.717, 1.165) is 26.6 Å². The van der Waals surface area contributed by atoms with Gasteiger partial charge in [-0.05, 0) is 63.1 Å². The van der Waals surface area contributed by atoms with Gasteiger partial charge in [0.15, 0.2) is 0 Å². The van der Waals surface area contributed by atoms with Gasteiger partial charge in [0.25, 0.3) is 10.0 Å². The number of aryl methyl sites for hydroxylation is 2. The molecule has 0 aromatic heterocycles. The van der Waals surface area contributed by atoms with Gasteiger partial charge < -0.3 is 15.0 Å². The number of para-hydroxylation sites is 2. The molecular weight excluding hydrogens is 586 g/mol. The quantitative estimate of drug-likeness (QED) is 0.206. The number of ether oxygens (including phenoxy) is 1. The van der Waals surface area contributed by atoms with E-state index in [1.54, 1.807) is 36.4 Å². The van der Waals surface area contributed by atoms with Crippen molar-refractivity contribution in [3.63, 3.8) is 0 Å². The summed E-state index contributed by atoms with van der Waals surface area (Å²) in [6.45, 7) is 7.12. The first-order valence-corrected chi connectivity index (χ1v) is 16.4. The van der Waals surface area contributed by atoms with Crippen molar-refractivity contribution in [1.29, 1.82) is 0 Å². The molecule has 0 saturated carbocycles. The molecule has 4 aromatic rings. The molecule has 236 valence electrons. The molecule has 0 radical (unpaired) electrons. The Labute approximate surface area is 266 Å². The van der Waals surface area contributed by atoms with Gasteiger partial charge in [-0.3, -0.25) is 13.9 Å². The van der Waals surface area contributed by atoms with Crippen LogP contribution in [0.15, 0.2) is 108 Å². The number of rotatable bonds is 13. The maximum absolute atomic E-state index is 14.6. The van der Waals surface area contributed by atoms with E-state index in [9.17, 15) is 18.0 Å². The molecule has 0 aliphatic heterocycles. The molecule has 45 heavy (non-hydrogen) atoms. The summed E-state index contributed by atoms with van der Waals surface area (Å²) in [5, 5.41) is 2.97. The molecule has 2 amide bonds. The van der Waals surface area contributed by atoms with Gasteiger partial charge in [-0.25, -0.2) is 8.42 Å². The van der Waals surface area contributed by atoms with E-state index in [1.807, 2.05) is 82.3 Å². The Bertz CT molecular complexity index is 1690. The van der Waals surface area contributed by atoms with Crippen molar-refractivity contribution in [3.8, 4) is 5.75 Å². The first-order chi connectivity index (χ1) is 21.5. The smallest absolute Gasteiger partial charge is 0.264 e. The summed E-state index contributed by atoms with van der Waals surface area (Å²) in [6.07, 6.45) is 0.246. The van der Waals surface area contributed by atoms with Crippen LogP contribution in [-0.2, 0) is 32.6 Å². The highest BCUT2D eigenvalue weighted by atomic mass is 32.2. The highest BCUT2D eigenvalue weighted by Crippen LogP contribution is 2.32. The van der Waals surface area contributed by atoms with Crippen molar-refractivity contribution in [2.45, 2.75) is 57.6 Å². The molecule has 9 heteroatoms. The zero-order valence-electron chi connectivity index (χ0n) is 26.4. The van der Waals surface area contributed by atoms with Gasteiger partial charge in [0.05, 0.1) is 17.7 Å². The summed E-state index contributed by atoms with van der Waals surface area (Å²) in [5.41, 5.74) is 3.86. The lowest BCUT2D eigenvalue weighted by molar-refractivity contribution is -0.140. The van der Waals surface area contributed by atoms with Gasteiger partial charge in [-0.2, -0.15) is 0 Å². The van der Waals surface area contributed by atoms with E-state index in [4.69, 9.17) is 4.74 Å². The lowest BCUT2D eigenvalue weighted by Gasteiger charge is -2.34. The van der Waals surface area contributed by atoms with Crippen LogP contribution in [0.25, 0.3) is 0 Å². The summed E-state index contributed by atoms with van der Waals surface area (Å²) < 4.78 is 35.1. The van der Waals surface area contributed by atoms with E-state index in [1.165, 1.54) is 24.1 Å². The van der Waals surface area contributed by atoms with E-state index in [-0.39, 0.29) is 35.5 Å². The molecule has 0 aliphatic rings. The third kappa shape index (κ3) is 8.51. The average Bonchev–Trinajstić information content (AvgIpc) is 3.02. The zero-order chi connectivity index (χ0) is 32.6. The van der Waals surface area contributed by atoms with Crippen molar-refractivity contribution >= 4 is 27.5 Å². The lowest BCUT2D eigenvalue weighted by Crippen LogP contribution is -2.54. The van der Waals surface area contributed by atoms with Crippen LogP contribution in [0.3, 0.4) is 0 Å². The number of nitrogens with zero attached hydrogens (tertiary/aromatic N) is 2. The minimum atomic E-state index is -4.23. The third-order valence-electron chi connectivity index (χ3n) is 7.42. The second-order valence-corrected chi connectivity index (χ2v) is 13.2. The molecule has 4 rings (SSSR count). The number of hydrogen-bond donors (Lipinski definition) is 1. The van der Waals surface area contributed by atoms with Gasteiger partial charge in [0.1, 0.15) is 18.3 Å².